The monoisotopic (exact) mass is 368 g/mol. The van der Waals surface area contributed by atoms with Crippen LogP contribution in [0.4, 0.5) is 11.4 Å². The first-order valence-electron chi connectivity index (χ1n) is 8.47. The normalized spacial score (nSPS) is 23.1. The Labute approximate surface area is 155 Å². The van der Waals surface area contributed by atoms with Crippen molar-refractivity contribution in [2.45, 2.75) is 25.3 Å². The smallest absolute Gasteiger partial charge is 0.288 e. The molecule has 0 unspecified atom stereocenters. The van der Waals surface area contributed by atoms with Crippen molar-refractivity contribution >= 4 is 28.8 Å². The average Bonchev–Trinajstić information content (AvgIpc) is 3.11. The van der Waals surface area contributed by atoms with Gasteiger partial charge in [0.2, 0.25) is 0 Å². The summed E-state index contributed by atoms with van der Waals surface area (Å²) in [5, 5.41) is 14.9. The minimum Gasteiger partial charge on any atom is -0.378 e. The highest BCUT2D eigenvalue weighted by Crippen LogP contribution is 2.50. The number of nitrogens with zero attached hydrogens (tertiary/aromatic N) is 1. The van der Waals surface area contributed by atoms with Gasteiger partial charge in [-0.05, 0) is 54.7 Å². The molecule has 3 atom stereocenters. The van der Waals surface area contributed by atoms with Crippen LogP contribution >= 0.6 is 11.6 Å². The Morgan fingerprint density at radius 1 is 1.27 bits per heavy atom. The first-order chi connectivity index (χ1) is 12.5. The molecule has 0 amide bonds. The number of nitro benzene ring substituents is 1. The third-order valence-corrected chi connectivity index (χ3v) is 5.61. The van der Waals surface area contributed by atoms with Crippen molar-refractivity contribution in [2.75, 3.05) is 5.32 Å². The van der Waals surface area contributed by atoms with Gasteiger partial charge in [-0.15, -0.1) is 0 Å². The van der Waals surface area contributed by atoms with Gasteiger partial charge in [-0.3, -0.25) is 14.9 Å². The molecule has 0 fully saturated rings. The summed E-state index contributed by atoms with van der Waals surface area (Å²) in [4.78, 5) is 22.5. The number of benzene rings is 2. The molecule has 0 bridgehead atoms. The van der Waals surface area contributed by atoms with Crippen LogP contribution < -0.4 is 5.32 Å². The van der Waals surface area contributed by atoms with Crippen molar-refractivity contribution in [1.29, 1.82) is 0 Å². The van der Waals surface area contributed by atoms with E-state index in [2.05, 4.69) is 17.5 Å². The van der Waals surface area contributed by atoms with E-state index in [1.807, 2.05) is 24.3 Å². The number of halogens is 1. The van der Waals surface area contributed by atoms with Gasteiger partial charge in [-0.1, -0.05) is 29.8 Å². The zero-order valence-electron chi connectivity index (χ0n) is 14.1. The Morgan fingerprint density at radius 3 is 2.81 bits per heavy atom. The third kappa shape index (κ3) is 2.69. The minimum absolute atomic E-state index is 0.0433. The summed E-state index contributed by atoms with van der Waals surface area (Å²) >= 11 is 5.96. The number of hydrogen-bond donors (Lipinski definition) is 1. The van der Waals surface area contributed by atoms with Crippen molar-refractivity contribution in [3.8, 4) is 0 Å². The highest BCUT2D eigenvalue weighted by molar-refractivity contribution is 6.32. The molecule has 0 aromatic heterocycles. The number of nitrogens with one attached hydrogen (secondary N) is 1. The van der Waals surface area contributed by atoms with E-state index >= 15 is 0 Å². The molecule has 2 aromatic carbocycles. The van der Waals surface area contributed by atoms with E-state index in [1.54, 1.807) is 19.1 Å². The molecule has 1 heterocycles. The predicted molar refractivity (Wildman–Crippen MR) is 101 cm³/mol. The number of ketones is 1. The molecule has 0 radical (unpaired) electrons. The first kappa shape index (κ1) is 16.8. The van der Waals surface area contributed by atoms with Gasteiger partial charge in [0, 0.05) is 23.2 Å². The van der Waals surface area contributed by atoms with Gasteiger partial charge >= 0.3 is 0 Å². The second-order valence-corrected chi connectivity index (χ2v) is 7.21. The number of rotatable bonds is 3. The van der Waals surface area contributed by atoms with Crippen LogP contribution in [-0.4, -0.2) is 10.7 Å². The lowest BCUT2D eigenvalue weighted by atomic mass is 9.76. The van der Waals surface area contributed by atoms with Crippen molar-refractivity contribution in [3.05, 3.63) is 80.4 Å². The predicted octanol–water partition coefficient (Wildman–Crippen LogP) is 5.28. The van der Waals surface area contributed by atoms with Crippen molar-refractivity contribution in [2.24, 2.45) is 5.92 Å². The van der Waals surface area contributed by atoms with Gasteiger partial charge in [-0.2, -0.15) is 0 Å². The maximum absolute atomic E-state index is 11.7. The lowest BCUT2D eigenvalue weighted by Gasteiger charge is -2.37. The lowest BCUT2D eigenvalue weighted by molar-refractivity contribution is -0.384. The molecular weight excluding hydrogens is 352 g/mol. The van der Waals surface area contributed by atoms with Crippen LogP contribution in [0, 0.1) is 16.0 Å². The highest BCUT2D eigenvalue weighted by Gasteiger charge is 2.38. The molecular formula is C20H17ClN2O3. The molecule has 1 aliphatic carbocycles. The third-order valence-electron chi connectivity index (χ3n) is 5.30. The summed E-state index contributed by atoms with van der Waals surface area (Å²) in [6, 6.07) is 10.6. The van der Waals surface area contributed by atoms with E-state index < -0.39 is 4.92 Å². The second kappa shape index (κ2) is 6.25. The number of carbonyl (C=O) groups is 1. The van der Waals surface area contributed by atoms with Crippen molar-refractivity contribution < 1.29 is 9.72 Å². The van der Waals surface area contributed by atoms with E-state index in [4.69, 9.17) is 11.6 Å². The summed E-state index contributed by atoms with van der Waals surface area (Å²) < 4.78 is 0. The molecule has 132 valence electrons. The summed E-state index contributed by atoms with van der Waals surface area (Å²) in [6.07, 6.45) is 5.19. The fraction of sp³-hybridized carbons (Fsp3) is 0.250. The zero-order chi connectivity index (χ0) is 18.4. The summed E-state index contributed by atoms with van der Waals surface area (Å²) in [7, 11) is 0. The fourth-order valence-corrected chi connectivity index (χ4v) is 4.19. The number of Topliss-reactive ketones (excluding diaryl/α,β-unsaturated/α-hetero) is 1. The van der Waals surface area contributed by atoms with Crippen molar-refractivity contribution in [3.63, 3.8) is 0 Å². The number of hydrogen-bond acceptors (Lipinski definition) is 4. The van der Waals surface area contributed by atoms with Gasteiger partial charge in [-0.25, -0.2) is 0 Å². The van der Waals surface area contributed by atoms with Crippen LogP contribution in [-0.2, 0) is 0 Å². The molecule has 0 saturated carbocycles. The number of anilines is 1. The molecule has 5 nitrogen and oxygen atoms in total. The minimum atomic E-state index is -0.452. The van der Waals surface area contributed by atoms with Gasteiger partial charge < -0.3 is 5.32 Å². The SMILES string of the molecule is CC(=O)c1ccc2c(c1)[C@@H]1C=CC[C@@H]1[C@H](c1ccc(Cl)c([N+](=O)[O-])c1)N2. The molecule has 26 heavy (non-hydrogen) atoms. The molecule has 1 aliphatic heterocycles. The number of fused-ring (bicyclic) bond motifs is 3. The van der Waals surface area contributed by atoms with Crippen LogP contribution in [0.1, 0.15) is 46.8 Å². The highest BCUT2D eigenvalue weighted by atomic mass is 35.5. The van der Waals surface area contributed by atoms with Crippen LogP contribution in [0.2, 0.25) is 5.02 Å². The average molecular weight is 369 g/mol. The largest absolute Gasteiger partial charge is 0.378 e. The van der Waals surface area contributed by atoms with Crippen LogP contribution in [0.15, 0.2) is 48.6 Å². The molecule has 4 rings (SSSR count). The van der Waals surface area contributed by atoms with Gasteiger partial charge in [0.05, 0.1) is 11.0 Å². The Kier molecular flexibility index (Phi) is 4.04. The quantitative estimate of drug-likeness (QED) is 0.346. The maximum Gasteiger partial charge on any atom is 0.288 e. The molecule has 2 aliphatic rings. The molecule has 1 N–H and O–H groups in total. The summed E-state index contributed by atoms with van der Waals surface area (Å²) in [5.41, 5.74) is 3.54. The van der Waals surface area contributed by atoms with E-state index in [-0.39, 0.29) is 34.4 Å². The molecule has 0 spiro atoms. The number of carbonyl (C=O) groups excluding carboxylic acids is 1. The van der Waals surface area contributed by atoms with E-state index in [0.29, 0.717) is 5.56 Å². The van der Waals surface area contributed by atoms with Crippen LogP contribution in [0.25, 0.3) is 0 Å². The van der Waals surface area contributed by atoms with E-state index in [9.17, 15) is 14.9 Å². The Hall–Kier alpha value is -2.66. The molecule has 0 saturated heterocycles. The van der Waals surface area contributed by atoms with Crippen molar-refractivity contribution in [1.82, 2.24) is 0 Å². The van der Waals surface area contributed by atoms with E-state index in [0.717, 1.165) is 23.2 Å². The Morgan fingerprint density at radius 2 is 2.08 bits per heavy atom. The first-order valence-corrected chi connectivity index (χ1v) is 8.85. The standard InChI is InChI=1S/C20H17ClN2O3/c1-11(24)12-6-8-18-16(9-12)14-3-2-4-15(14)20(22-18)13-5-7-17(21)19(10-13)23(25)26/h2-3,5-10,14-15,20,22H,4H2,1H3/t14-,15+,20+/m1/s1. The Balaban J connectivity index is 1.78. The van der Waals surface area contributed by atoms with E-state index in [1.165, 1.54) is 0 Å². The molecule has 2 aromatic rings. The second-order valence-electron chi connectivity index (χ2n) is 6.80. The van der Waals surface area contributed by atoms with Gasteiger partial charge in [0.1, 0.15) is 5.02 Å². The molecule has 6 heteroatoms. The maximum atomic E-state index is 11.7. The van der Waals surface area contributed by atoms with Crippen LogP contribution in [0.5, 0.6) is 0 Å². The number of allylic oxidation sites excluding steroid dienone is 2. The zero-order valence-corrected chi connectivity index (χ0v) is 14.9. The van der Waals surface area contributed by atoms with Crippen LogP contribution in [0.3, 0.4) is 0 Å². The Bertz CT molecular complexity index is 954. The summed E-state index contributed by atoms with van der Waals surface area (Å²) in [5.74, 6) is 0.470. The topological polar surface area (TPSA) is 72.2 Å². The fourth-order valence-electron chi connectivity index (χ4n) is 4.01. The van der Waals surface area contributed by atoms with Gasteiger partial charge in [0.25, 0.3) is 5.69 Å². The van der Waals surface area contributed by atoms with Gasteiger partial charge in [0.15, 0.2) is 5.78 Å². The number of nitro groups is 1. The lowest BCUT2D eigenvalue weighted by Crippen LogP contribution is -2.29. The summed E-state index contributed by atoms with van der Waals surface area (Å²) in [6.45, 7) is 1.57.